The van der Waals surface area contributed by atoms with Crippen molar-refractivity contribution in [3.05, 3.63) is 0 Å². The summed E-state index contributed by atoms with van der Waals surface area (Å²) in [4.78, 5) is 36.3. The Morgan fingerprint density at radius 2 is 1.58 bits per heavy atom. The molecule has 144 valence electrons. The van der Waals surface area contributed by atoms with E-state index in [0.29, 0.717) is 45.5 Å². The van der Waals surface area contributed by atoms with Crippen molar-refractivity contribution in [3.8, 4) is 0 Å². The standard InChI is InChI=1S/C7H18N2O.C5H8O2.C3H6O2.CH2O/c1-9-5-2-3-6-10-7-4-8;6-4-2-1-3-5-7;1-2-5-3-4;1-2/h9H,2-8H2,1H3;4-5H,1-3H2;3H,2H2,1H3;1H2. The van der Waals surface area contributed by atoms with Crippen molar-refractivity contribution in [2.75, 3.05) is 40.0 Å². The second-order valence-electron chi connectivity index (χ2n) is 4.03. The molecule has 0 spiro atoms. The minimum atomic E-state index is 0.431. The van der Waals surface area contributed by atoms with Crippen LogP contribution in [0, 0.1) is 0 Å². The lowest BCUT2D eigenvalue weighted by Crippen LogP contribution is -2.11. The molecule has 0 aromatic rings. The first-order valence-electron chi connectivity index (χ1n) is 7.88. The van der Waals surface area contributed by atoms with Crippen LogP contribution >= 0.6 is 0 Å². The molecule has 0 rings (SSSR count). The van der Waals surface area contributed by atoms with Crippen molar-refractivity contribution in [2.45, 2.75) is 39.0 Å². The van der Waals surface area contributed by atoms with Crippen LogP contribution in [0.2, 0.25) is 0 Å². The van der Waals surface area contributed by atoms with Crippen molar-refractivity contribution < 1.29 is 28.7 Å². The quantitative estimate of drug-likeness (QED) is 0.363. The molecule has 3 N–H and O–H groups in total. The highest BCUT2D eigenvalue weighted by molar-refractivity contribution is 5.52. The average molecular weight is 350 g/mol. The number of carbonyl (C=O) groups is 4. The zero-order chi connectivity index (χ0) is 19.3. The van der Waals surface area contributed by atoms with Crippen LogP contribution in [0.4, 0.5) is 0 Å². The number of carbonyl (C=O) groups excluding carboxylic acids is 4. The van der Waals surface area contributed by atoms with Crippen LogP contribution in [-0.2, 0) is 28.7 Å². The van der Waals surface area contributed by atoms with E-state index in [1.54, 1.807) is 6.92 Å². The molecule has 0 aliphatic rings. The summed E-state index contributed by atoms with van der Waals surface area (Å²) in [6.45, 7) is 7.91. The van der Waals surface area contributed by atoms with E-state index in [1.165, 1.54) is 6.42 Å². The zero-order valence-corrected chi connectivity index (χ0v) is 15.0. The molecular weight excluding hydrogens is 316 g/mol. The van der Waals surface area contributed by atoms with E-state index in [1.807, 2.05) is 13.8 Å². The Labute approximate surface area is 145 Å². The molecule has 0 radical (unpaired) electrons. The van der Waals surface area contributed by atoms with Crippen LogP contribution in [0.5, 0.6) is 0 Å². The van der Waals surface area contributed by atoms with Gasteiger partial charge in [-0.05, 0) is 39.8 Å². The Hall–Kier alpha value is -1.64. The van der Waals surface area contributed by atoms with Gasteiger partial charge in [-0.3, -0.25) is 4.79 Å². The van der Waals surface area contributed by atoms with Crippen molar-refractivity contribution in [1.82, 2.24) is 5.32 Å². The number of nitrogens with two attached hydrogens (primary N) is 1. The first-order chi connectivity index (χ1) is 11.7. The summed E-state index contributed by atoms with van der Waals surface area (Å²) in [5.41, 5.74) is 5.23. The third kappa shape index (κ3) is 59.1. The van der Waals surface area contributed by atoms with Gasteiger partial charge >= 0.3 is 0 Å². The fraction of sp³-hybridized carbons (Fsp3) is 0.750. The third-order valence-corrected chi connectivity index (χ3v) is 2.11. The van der Waals surface area contributed by atoms with E-state index in [2.05, 4.69) is 10.1 Å². The molecule has 0 fully saturated rings. The molecule has 0 aromatic carbocycles. The van der Waals surface area contributed by atoms with Gasteiger partial charge in [0.2, 0.25) is 0 Å². The van der Waals surface area contributed by atoms with E-state index in [0.717, 1.165) is 32.1 Å². The maximum atomic E-state index is 9.56. The number of aldehydes is 2. The Bertz CT molecular complexity index is 215. The molecule has 0 aliphatic heterocycles. The summed E-state index contributed by atoms with van der Waals surface area (Å²) in [6.07, 6.45) is 5.68. The maximum absolute atomic E-state index is 9.56. The Morgan fingerprint density at radius 3 is 1.92 bits per heavy atom. The van der Waals surface area contributed by atoms with Crippen LogP contribution in [0.15, 0.2) is 0 Å². The van der Waals surface area contributed by atoms with Gasteiger partial charge in [0, 0.05) is 26.0 Å². The summed E-state index contributed by atoms with van der Waals surface area (Å²) in [6, 6.07) is 0. The van der Waals surface area contributed by atoms with Crippen LogP contribution in [-0.4, -0.2) is 65.8 Å². The first-order valence-corrected chi connectivity index (χ1v) is 7.88. The largest absolute Gasteiger partial charge is 0.468 e. The van der Waals surface area contributed by atoms with Crippen molar-refractivity contribution in [3.63, 3.8) is 0 Å². The molecule has 8 heteroatoms. The number of hydrogen-bond acceptors (Lipinski definition) is 8. The van der Waals surface area contributed by atoms with Gasteiger partial charge in [-0.1, -0.05) is 0 Å². The lowest BCUT2D eigenvalue weighted by molar-refractivity contribution is -0.128. The second-order valence-corrected chi connectivity index (χ2v) is 4.03. The molecule has 0 aromatic heterocycles. The minimum Gasteiger partial charge on any atom is -0.468 e. The summed E-state index contributed by atoms with van der Waals surface area (Å²) < 4.78 is 9.33. The van der Waals surface area contributed by atoms with Gasteiger partial charge in [0.25, 0.3) is 6.47 Å². The molecule has 0 amide bonds. The average Bonchev–Trinajstić information content (AvgIpc) is 2.62. The van der Waals surface area contributed by atoms with E-state index in [-0.39, 0.29) is 0 Å². The smallest absolute Gasteiger partial charge is 0.293 e. The van der Waals surface area contributed by atoms with Crippen LogP contribution in [0.25, 0.3) is 0 Å². The number of unbranched alkanes of at least 4 members (excludes halogenated alkanes) is 3. The predicted molar refractivity (Wildman–Crippen MR) is 93.8 cm³/mol. The number of nitrogens with one attached hydrogen (secondary N) is 1. The monoisotopic (exact) mass is 350 g/mol. The van der Waals surface area contributed by atoms with Crippen LogP contribution in [0.3, 0.4) is 0 Å². The lowest BCUT2D eigenvalue weighted by atomic mass is 10.3. The summed E-state index contributed by atoms with van der Waals surface area (Å²) in [5, 5.41) is 3.08. The van der Waals surface area contributed by atoms with Gasteiger partial charge < -0.3 is 34.9 Å². The molecule has 0 saturated heterocycles. The van der Waals surface area contributed by atoms with Gasteiger partial charge in [-0.2, -0.15) is 0 Å². The predicted octanol–water partition coefficient (Wildman–Crippen LogP) is 0.510. The molecule has 0 heterocycles. The summed E-state index contributed by atoms with van der Waals surface area (Å²) in [5.74, 6) is 0. The van der Waals surface area contributed by atoms with E-state index in [9.17, 15) is 14.4 Å². The highest BCUT2D eigenvalue weighted by Gasteiger charge is 1.86. The molecule has 8 nitrogen and oxygen atoms in total. The normalized spacial score (nSPS) is 8.12. The van der Waals surface area contributed by atoms with E-state index in [4.69, 9.17) is 15.3 Å². The lowest BCUT2D eigenvalue weighted by Gasteiger charge is -2.01. The number of ether oxygens (including phenoxy) is 2. The molecule has 0 saturated carbocycles. The van der Waals surface area contributed by atoms with Crippen LogP contribution in [0.1, 0.15) is 39.0 Å². The van der Waals surface area contributed by atoms with Crippen LogP contribution < -0.4 is 11.1 Å². The Morgan fingerprint density at radius 1 is 1.00 bits per heavy atom. The number of rotatable bonds is 13. The van der Waals surface area contributed by atoms with Crippen molar-refractivity contribution >= 4 is 25.8 Å². The first kappa shape index (κ1) is 30.3. The number of hydrogen-bond donors (Lipinski definition) is 2. The van der Waals surface area contributed by atoms with Gasteiger partial charge in [0.1, 0.15) is 19.4 Å². The SMILES string of the molecule is C=O.CCOC=O.CNCCCCOCCN.O=CCCCC=O. The van der Waals surface area contributed by atoms with E-state index >= 15 is 0 Å². The minimum absolute atomic E-state index is 0.431. The van der Waals surface area contributed by atoms with Gasteiger partial charge in [0.05, 0.1) is 13.2 Å². The fourth-order valence-electron chi connectivity index (χ4n) is 1.04. The highest BCUT2D eigenvalue weighted by Crippen LogP contribution is 1.87. The van der Waals surface area contributed by atoms with Crippen molar-refractivity contribution in [2.24, 2.45) is 5.73 Å². The highest BCUT2D eigenvalue weighted by atomic mass is 16.5. The van der Waals surface area contributed by atoms with Gasteiger partial charge in [-0.15, -0.1) is 0 Å². The maximum Gasteiger partial charge on any atom is 0.293 e. The second kappa shape index (κ2) is 42.9. The Kier molecular flexibility index (Phi) is 54.1. The molecule has 0 aliphatic carbocycles. The molecule has 24 heavy (non-hydrogen) atoms. The fourth-order valence-corrected chi connectivity index (χ4v) is 1.04. The molecular formula is C16H34N2O6. The molecule has 0 atom stereocenters. The van der Waals surface area contributed by atoms with E-state index < -0.39 is 0 Å². The van der Waals surface area contributed by atoms with Gasteiger partial charge in [-0.25, -0.2) is 0 Å². The summed E-state index contributed by atoms with van der Waals surface area (Å²) in [7, 11) is 1.96. The van der Waals surface area contributed by atoms with Gasteiger partial charge in [0.15, 0.2) is 0 Å². The topological polar surface area (TPSA) is 125 Å². The van der Waals surface area contributed by atoms with Crippen molar-refractivity contribution in [1.29, 1.82) is 0 Å². The zero-order valence-electron chi connectivity index (χ0n) is 15.0. The summed E-state index contributed by atoms with van der Waals surface area (Å²) >= 11 is 0. The molecule has 0 unspecified atom stereocenters. The molecule has 0 bridgehead atoms. The third-order valence-electron chi connectivity index (χ3n) is 2.11. The Balaban J connectivity index is -0.000000125.